The van der Waals surface area contributed by atoms with Gasteiger partial charge >= 0.3 is 0 Å². The van der Waals surface area contributed by atoms with Gasteiger partial charge in [0.25, 0.3) is 0 Å². The molecule has 0 bridgehead atoms. The Hall–Kier alpha value is -1.58. The summed E-state index contributed by atoms with van der Waals surface area (Å²) >= 11 is 12.4. The minimum atomic E-state index is 0.409. The zero-order valence-corrected chi connectivity index (χ0v) is 12.4. The number of aromatic nitrogens is 2. The van der Waals surface area contributed by atoms with E-state index in [9.17, 15) is 0 Å². The Morgan fingerprint density at radius 1 is 1.10 bits per heavy atom. The van der Waals surface area contributed by atoms with Crippen LogP contribution in [-0.2, 0) is 6.42 Å². The quantitative estimate of drug-likeness (QED) is 0.628. The lowest BCUT2D eigenvalue weighted by Gasteiger charge is -2.06. The van der Waals surface area contributed by atoms with Crippen molar-refractivity contribution in [1.29, 1.82) is 0 Å². The fraction of sp³-hybridized carbons (Fsp3) is 0.200. The molecule has 5 heteroatoms. The third-order valence-corrected chi connectivity index (χ3v) is 3.75. The Labute approximate surface area is 126 Å². The number of para-hydroxylation sites is 1. The van der Waals surface area contributed by atoms with Crippen molar-refractivity contribution in [3.63, 3.8) is 0 Å². The van der Waals surface area contributed by atoms with Crippen molar-refractivity contribution >= 4 is 34.2 Å². The molecule has 3 nitrogen and oxygen atoms in total. The molecule has 0 unspecified atom stereocenters. The van der Waals surface area contributed by atoms with Crippen molar-refractivity contribution < 1.29 is 4.42 Å². The van der Waals surface area contributed by atoms with Gasteiger partial charge in [-0.05, 0) is 12.5 Å². The van der Waals surface area contributed by atoms with Crippen molar-refractivity contribution in [3.05, 3.63) is 46.4 Å². The van der Waals surface area contributed by atoms with Crippen LogP contribution in [0.2, 0.25) is 10.3 Å². The van der Waals surface area contributed by atoms with E-state index >= 15 is 0 Å². The number of benzene rings is 1. The van der Waals surface area contributed by atoms with Crippen LogP contribution in [0.5, 0.6) is 0 Å². The number of furan rings is 1. The molecule has 0 spiro atoms. The van der Waals surface area contributed by atoms with Crippen molar-refractivity contribution in [2.24, 2.45) is 0 Å². The number of halogens is 2. The van der Waals surface area contributed by atoms with E-state index in [4.69, 9.17) is 27.6 Å². The lowest BCUT2D eigenvalue weighted by Crippen LogP contribution is -1.97. The predicted octanol–water partition coefficient (Wildman–Crippen LogP) is 5.15. The van der Waals surface area contributed by atoms with Crippen LogP contribution < -0.4 is 0 Å². The first kappa shape index (κ1) is 13.4. The molecule has 3 aromatic rings. The SMILES string of the molecule is CCCc1c(Cl)nc(-c2coc3ccccc23)nc1Cl. The number of hydrogen-bond donors (Lipinski definition) is 0. The van der Waals surface area contributed by atoms with Gasteiger partial charge < -0.3 is 4.42 Å². The highest BCUT2D eigenvalue weighted by Gasteiger charge is 2.15. The first-order chi connectivity index (χ1) is 9.70. The van der Waals surface area contributed by atoms with Crippen LogP contribution in [0.3, 0.4) is 0 Å². The van der Waals surface area contributed by atoms with E-state index < -0.39 is 0 Å². The molecule has 0 aliphatic carbocycles. The number of rotatable bonds is 3. The fourth-order valence-electron chi connectivity index (χ4n) is 2.16. The lowest BCUT2D eigenvalue weighted by atomic mass is 10.1. The van der Waals surface area contributed by atoms with Crippen LogP contribution in [0.1, 0.15) is 18.9 Å². The van der Waals surface area contributed by atoms with Crippen LogP contribution in [0.4, 0.5) is 0 Å². The molecular weight excluding hydrogens is 295 g/mol. The summed E-state index contributed by atoms with van der Waals surface area (Å²) < 4.78 is 5.49. The highest BCUT2D eigenvalue weighted by Crippen LogP contribution is 2.31. The molecule has 0 amide bonds. The molecule has 0 atom stereocenters. The number of fused-ring (bicyclic) bond motifs is 1. The topological polar surface area (TPSA) is 38.9 Å². The molecule has 20 heavy (non-hydrogen) atoms. The van der Waals surface area contributed by atoms with E-state index in [-0.39, 0.29) is 0 Å². The second kappa shape index (κ2) is 5.43. The van der Waals surface area contributed by atoms with E-state index in [1.807, 2.05) is 24.3 Å². The Bertz CT molecular complexity index is 744. The van der Waals surface area contributed by atoms with Gasteiger partial charge in [-0.1, -0.05) is 54.7 Å². The minimum absolute atomic E-state index is 0.409. The fourth-order valence-corrected chi connectivity index (χ4v) is 2.74. The Morgan fingerprint density at radius 3 is 2.50 bits per heavy atom. The molecule has 102 valence electrons. The van der Waals surface area contributed by atoms with Gasteiger partial charge in [-0.3, -0.25) is 0 Å². The second-order valence-corrected chi connectivity index (χ2v) is 5.22. The number of nitrogens with zero attached hydrogens (tertiary/aromatic N) is 2. The minimum Gasteiger partial charge on any atom is -0.464 e. The third-order valence-electron chi connectivity index (χ3n) is 3.13. The van der Waals surface area contributed by atoms with Gasteiger partial charge in [-0.2, -0.15) is 0 Å². The Balaban J connectivity index is 2.15. The zero-order valence-electron chi connectivity index (χ0n) is 10.9. The molecule has 0 aliphatic rings. The lowest BCUT2D eigenvalue weighted by molar-refractivity contribution is 0.616. The summed E-state index contributed by atoms with van der Waals surface area (Å²) in [5.74, 6) is 0.491. The molecule has 0 saturated heterocycles. The summed E-state index contributed by atoms with van der Waals surface area (Å²) in [5.41, 5.74) is 2.39. The highest BCUT2D eigenvalue weighted by atomic mass is 35.5. The summed E-state index contributed by atoms with van der Waals surface area (Å²) in [5, 5.41) is 1.77. The molecule has 0 saturated carbocycles. The molecule has 0 radical (unpaired) electrons. The smallest absolute Gasteiger partial charge is 0.166 e. The van der Waals surface area contributed by atoms with Crippen molar-refractivity contribution in [1.82, 2.24) is 9.97 Å². The van der Waals surface area contributed by atoms with Gasteiger partial charge in [0, 0.05) is 10.9 Å². The van der Waals surface area contributed by atoms with Crippen LogP contribution in [0, 0.1) is 0 Å². The van der Waals surface area contributed by atoms with Crippen LogP contribution in [0.15, 0.2) is 34.9 Å². The summed E-state index contributed by atoms with van der Waals surface area (Å²) in [6, 6.07) is 7.71. The predicted molar refractivity (Wildman–Crippen MR) is 81.3 cm³/mol. The van der Waals surface area contributed by atoms with Gasteiger partial charge in [0.05, 0.1) is 5.56 Å². The molecule has 0 fully saturated rings. The maximum atomic E-state index is 6.22. The van der Waals surface area contributed by atoms with Gasteiger partial charge in [0.1, 0.15) is 22.2 Å². The van der Waals surface area contributed by atoms with Crippen LogP contribution in [0.25, 0.3) is 22.4 Å². The maximum Gasteiger partial charge on any atom is 0.166 e. The van der Waals surface area contributed by atoms with E-state index in [2.05, 4.69) is 16.9 Å². The summed E-state index contributed by atoms with van der Waals surface area (Å²) in [6.07, 6.45) is 3.34. The molecular formula is C15H12Cl2N2O. The van der Waals surface area contributed by atoms with Crippen LogP contribution >= 0.6 is 23.2 Å². The maximum absolute atomic E-state index is 6.22. The average Bonchev–Trinajstić information content (AvgIpc) is 2.86. The van der Waals surface area contributed by atoms with Gasteiger partial charge in [-0.25, -0.2) is 9.97 Å². The second-order valence-electron chi connectivity index (χ2n) is 4.50. The van der Waals surface area contributed by atoms with Gasteiger partial charge in [0.15, 0.2) is 5.82 Å². The Kier molecular flexibility index (Phi) is 3.64. The molecule has 3 rings (SSSR count). The molecule has 0 N–H and O–H groups in total. The third kappa shape index (κ3) is 2.28. The summed E-state index contributed by atoms with van der Waals surface area (Å²) in [4.78, 5) is 8.71. The van der Waals surface area contributed by atoms with Crippen molar-refractivity contribution in [2.75, 3.05) is 0 Å². The van der Waals surface area contributed by atoms with E-state index in [1.54, 1.807) is 6.26 Å². The van der Waals surface area contributed by atoms with Gasteiger partial charge in [-0.15, -0.1) is 0 Å². The van der Waals surface area contributed by atoms with Gasteiger partial charge in [0.2, 0.25) is 0 Å². The highest BCUT2D eigenvalue weighted by molar-refractivity contribution is 6.34. The van der Waals surface area contributed by atoms with E-state index in [0.717, 1.165) is 34.9 Å². The monoisotopic (exact) mass is 306 g/mol. The molecule has 2 heterocycles. The average molecular weight is 307 g/mol. The summed E-state index contributed by atoms with van der Waals surface area (Å²) in [7, 11) is 0. The molecule has 2 aromatic heterocycles. The zero-order chi connectivity index (χ0) is 14.1. The van der Waals surface area contributed by atoms with Crippen molar-refractivity contribution in [3.8, 4) is 11.4 Å². The first-order valence-electron chi connectivity index (χ1n) is 6.39. The molecule has 1 aromatic carbocycles. The number of hydrogen-bond acceptors (Lipinski definition) is 3. The largest absolute Gasteiger partial charge is 0.464 e. The van der Waals surface area contributed by atoms with E-state index in [0.29, 0.717) is 16.1 Å². The normalized spacial score (nSPS) is 11.2. The Morgan fingerprint density at radius 2 is 1.80 bits per heavy atom. The van der Waals surface area contributed by atoms with Crippen molar-refractivity contribution in [2.45, 2.75) is 19.8 Å². The summed E-state index contributed by atoms with van der Waals surface area (Å²) in [6.45, 7) is 2.06. The van der Waals surface area contributed by atoms with E-state index in [1.165, 1.54) is 0 Å². The first-order valence-corrected chi connectivity index (χ1v) is 7.14. The standard InChI is InChI=1S/C15H12Cl2N2O/c1-2-5-10-13(16)18-15(19-14(10)17)11-8-20-12-7-4-3-6-9(11)12/h3-4,6-8H,2,5H2,1H3. The van der Waals surface area contributed by atoms with Crippen LogP contribution in [-0.4, -0.2) is 9.97 Å². The molecule has 0 aliphatic heterocycles.